The van der Waals surface area contributed by atoms with Crippen LogP contribution in [0.3, 0.4) is 0 Å². The van der Waals surface area contributed by atoms with Crippen molar-refractivity contribution in [2.45, 2.75) is 24.3 Å². The smallest absolute Gasteiger partial charge is 0.242 e. The number of nitrogens with zero attached hydrogens (tertiary/aromatic N) is 1. The number of hydrogen-bond donors (Lipinski definition) is 1. The molecule has 0 amide bonds. The summed E-state index contributed by atoms with van der Waals surface area (Å²) in [6.45, 7) is 1.87. The predicted octanol–water partition coefficient (Wildman–Crippen LogP) is 3.47. The van der Waals surface area contributed by atoms with Crippen molar-refractivity contribution in [1.29, 1.82) is 0 Å². The Morgan fingerprint density at radius 1 is 1.50 bits per heavy atom. The summed E-state index contributed by atoms with van der Waals surface area (Å²) in [6, 6.07) is 3.08. The van der Waals surface area contributed by atoms with E-state index in [-0.39, 0.29) is 9.37 Å². The average Bonchev–Trinajstić information content (AvgIpc) is 2.89. The molecule has 1 atom stereocenters. The summed E-state index contributed by atoms with van der Waals surface area (Å²) >= 11 is 4.46. The number of thiazole rings is 1. The third-order valence-corrected chi connectivity index (χ3v) is 5.98. The first kappa shape index (κ1) is 15.6. The van der Waals surface area contributed by atoms with Crippen LogP contribution in [0.15, 0.2) is 39.1 Å². The lowest BCUT2D eigenvalue weighted by molar-refractivity contribution is 0.548. The maximum absolute atomic E-state index is 13.0. The van der Waals surface area contributed by atoms with Crippen LogP contribution in [0.2, 0.25) is 0 Å². The fraction of sp³-hybridized carbons (Fsp3) is 0.250. The van der Waals surface area contributed by atoms with Gasteiger partial charge in [-0.25, -0.2) is 22.5 Å². The third kappa shape index (κ3) is 3.43. The predicted molar refractivity (Wildman–Crippen MR) is 79.6 cm³/mol. The summed E-state index contributed by atoms with van der Waals surface area (Å²) in [5.41, 5.74) is 0. The number of halogens is 2. The summed E-state index contributed by atoms with van der Waals surface area (Å²) < 4.78 is 40.5. The lowest BCUT2D eigenvalue weighted by Gasteiger charge is -2.15. The van der Waals surface area contributed by atoms with Gasteiger partial charge in [-0.3, -0.25) is 0 Å². The van der Waals surface area contributed by atoms with Crippen molar-refractivity contribution < 1.29 is 12.8 Å². The zero-order valence-electron chi connectivity index (χ0n) is 10.5. The molecular weight excluding hydrogens is 367 g/mol. The van der Waals surface area contributed by atoms with Crippen LogP contribution in [0.25, 0.3) is 0 Å². The number of sulfonamides is 1. The molecule has 1 aromatic carbocycles. The molecule has 0 spiro atoms. The van der Waals surface area contributed by atoms with Crippen molar-refractivity contribution in [2.24, 2.45) is 0 Å². The van der Waals surface area contributed by atoms with Crippen LogP contribution in [0.4, 0.5) is 4.39 Å². The normalized spacial score (nSPS) is 13.3. The van der Waals surface area contributed by atoms with Crippen molar-refractivity contribution in [1.82, 2.24) is 9.71 Å². The minimum absolute atomic E-state index is 0.00825. The van der Waals surface area contributed by atoms with E-state index in [9.17, 15) is 12.8 Å². The molecule has 0 bridgehead atoms. The Bertz CT molecular complexity index is 689. The van der Waals surface area contributed by atoms with E-state index in [0.717, 1.165) is 12.1 Å². The SMILES string of the molecule is CCC(NS(=O)(=O)c1ccc(F)cc1Br)c1nccs1. The van der Waals surface area contributed by atoms with Gasteiger partial charge >= 0.3 is 0 Å². The molecule has 0 aliphatic heterocycles. The Kier molecular flexibility index (Phi) is 4.90. The summed E-state index contributed by atoms with van der Waals surface area (Å²) in [5.74, 6) is -0.497. The second kappa shape index (κ2) is 6.30. The zero-order valence-corrected chi connectivity index (χ0v) is 13.7. The van der Waals surface area contributed by atoms with E-state index in [1.807, 2.05) is 6.92 Å². The largest absolute Gasteiger partial charge is 0.248 e. The van der Waals surface area contributed by atoms with Crippen LogP contribution in [0.1, 0.15) is 24.4 Å². The molecule has 2 aromatic rings. The molecule has 2 rings (SSSR count). The van der Waals surface area contributed by atoms with E-state index in [2.05, 4.69) is 25.6 Å². The van der Waals surface area contributed by atoms with Gasteiger partial charge in [0.05, 0.1) is 10.9 Å². The van der Waals surface area contributed by atoms with Crippen LogP contribution >= 0.6 is 27.3 Å². The van der Waals surface area contributed by atoms with Gasteiger partial charge in [0, 0.05) is 16.0 Å². The van der Waals surface area contributed by atoms with Crippen molar-refractivity contribution in [3.05, 3.63) is 45.1 Å². The van der Waals surface area contributed by atoms with E-state index in [1.54, 1.807) is 11.6 Å². The van der Waals surface area contributed by atoms with Crippen molar-refractivity contribution in [3.8, 4) is 0 Å². The van der Waals surface area contributed by atoms with Crippen LogP contribution in [0.5, 0.6) is 0 Å². The van der Waals surface area contributed by atoms with E-state index >= 15 is 0 Å². The highest BCUT2D eigenvalue weighted by Gasteiger charge is 2.23. The summed E-state index contributed by atoms with van der Waals surface area (Å²) in [7, 11) is -3.74. The first-order valence-corrected chi connectivity index (χ1v) is 8.96. The molecule has 0 saturated carbocycles. The van der Waals surface area contributed by atoms with Crippen LogP contribution < -0.4 is 4.72 Å². The van der Waals surface area contributed by atoms with E-state index in [0.29, 0.717) is 11.4 Å². The Morgan fingerprint density at radius 2 is 2.25 bits per heavy atom. The molecule has 8 heteroatoms. The molecular formula is C12H12BrFN2O2S2. The average molecular weight is 379 g/mol. The summed E-state index contributed by atoms with van der Waals surface area (Å²) in [6.07, 6.45) is 2.20. The van der Waals surface area contributed by atoms with Crippen LogP contribution in [-0.2, 0) is 10.0 Å². The van der Waals surface area contributed by atoms with Gasteiger partial charge in [0.25, 0.3) is 0 Å². The molecule has 0 radical (unpaired) electrons. The van der Waals surface area contributed by atoms with Gasteiger partial charge in [-0.05, 0) is 40.5 Å². The Balaban J connectivity index is 2.31. The number of aromatic nitrogens is 1. The molecule has 0 aliphatic carbocycles. The second-order valence-corrected chi connectivity index (χ2v) is 7.49. The van der Waals surface area contributed by atoms with E-state index in [1.165, 1.54) is 17.4 Å². The van der Waals surface area contributed by atoms with Gasteiger partial charge < -0.3 is 0 Å². The van der Waals surface area contributed by atoms with Gasteiger partial charge in [-0.2, -0.15) is 0 Å². The van der Waals surface area contributed by atoms with Gasteiger partial charge in [0.1, 0.15) is 10.8 Å². The highest BCUT2D eigenvalue weighted by molar-refractivity contribution is 9.10. The van der Waals surface area contributed by atoms with Crippen molar-refractivity contribution in [2.75, 3.05) is 0 Å². The minimum Gasteiger partial charge on any atom is -0.248 e. The Morgan fingerprint density at radius 3 is 2.80 bits per heavy atom. The highest BCUT2D eigenvalue weighted by atomic mass is 79.9. The zero-order chi connectivity index (χ0) is 14.8. The monoisotopic (exact) mass is 378 g/mol. The van der Waals surface area contributed by atoms with Gasteiger partial charge in [-0.1, -0.05) is 6.92 Å². The maximum atomic E-state index is 13.0. The molecule has 20 heavy (non-hydrogen) atoms. The third-order valence-electron chi connectivity index (χ3n) is 2.64. The fourth-order valence-electron chi connectivity index (χ4n) is 1.66. The fourth-order valence-corrected chi connectivity index (χ4v) is 4.84. The van der Waals surface area contributed by atoms with E-state index in [4.69, 9.17) is 0 Å². The maximum Gasteiger partial charge on any atom is 0.242 e. The molecule has 1 N–H and O–H groups in total. The molecule has 108 valence electrons. The van der Waals surface area contributed by atoms with Gasteiger partial charge in [0.2, 0.25) is 10.0 Å². The Labute approximate surface area is 129 Å². The minimum atomic E-state index is -3.74. The van der Waals surface area contributed by atoms with Gasteiger partial charge in [0.15, 0.2) is 0 Å². The first-order chi connectivity index (χ1) is 9.44. The lowest BCUT2D eigenvalue weighted by Crippen LogP contribution is -2.28. The molecule has 4 nitrogen and oxygen atoms in total. The molecule has 0 aliphatic rings. The standard InChI is InChI=1S/C12H12BrFN2O2S2/c1-2-10(12-15-5-6-19-12)16-20(17,18)11-4-3-8(14)7-9(11)13/h3-7,10,16H,2H2,1H3. The number of benzene rings is 1. The highest BCUT2D eigenvalue weighted by Crippen LogP contribution is 2.26. The topological polar surface area (TPSA) is 59.1 Å². The van der Waals surface area contributed by atoms with Gasteiger partial charge in [-0.15, -0.1) is 11.3 Å². The number of rotatable bonds is 5. The van der Waals surface area contributed by atoms with Crippen LogP contribution in [0, 0.1) is 5.82 Å². The number of hydrogen-bond acceptors (Lipinski definition) is 4. The molecule has 1 heterocycles. The van der Waals surface area contributed by atoms with Crippen LogP contribution in [-0.4, -0.2) is 13.4 Å². The summed E-state index contributed by atoms with van der Waals surface area (Å²) in [4.78, 5) is 4.13. The Hall–Kier alpha value is -0.830. The molecule has 0 saturated heterocycles. The lowest BCUT2D eigenvalue weighted by atomic mass is 10.3. The van der Waals surface area contributed by atoms with E-state index < -0.39 is 21.9 Å². The molecule has 1 aromatic heterocycles. The van der Waals surface area contributed by atoms with Crippen molar-refractivity contribution in [3.63, 3.8) is 0 Å². The molecule has 0 fully saturated rings. The summed E-state index contributed by atoms with van der Waals surface area (Å²) in [5, 5.41) is 2.49. The van der Waals surface area contributed by atoms with Crippen molar-refractivity contribution >= 4 is 37.3 Å². The molecule has 1 unspecified atom stereocenters. The second-order valence-electron chi connectivity index (χ2n) is 4.03. The quantitative estimate of drug-likeness (QED) is 0.866. The number of nitrogens with one attached hydrogen (secondary N) is 1. The first-order valence-electron chi connectivity index (χ1n) is 5.81.